The van der Waals surface area contributed by atoms with Gasteiger partial charge in [0.2, 0.25) is 0 Å². The van der Waals surface area contributed by atoms with Gasteiger partial charge in [-0.2, -0.15) is 0 Å². The number of ether oxygens (including phenoxy) is 2. The predicted molar refractivity (Wildman–Crippen MR) is 81.2 cm³/mol. The minimum atomic E-state index is -0.856. The third-order valence-electron chi connectivity index (χ3n) is 2.58. The number of hydrogen-bond acceptors (Lipinski definition) is 4. The highest BCUT2D eigenvalue weighted by molar-refractivity contribution is 5.95. The molecule has 0 bridgehead atoms. The minimum Gasteiger partial charge on any atom is -0.494 e. The lowest BCUT2D eigenvalue weighted by molar-refractivity contribution is -0.148. The van der Waals surface area contributed by atoms with Crippen LogP contribution in [0.15, 0.2) is 36.4 Å². The first kappa shape index (κ1) is 16.8. The topological polar surface area (TPSA) is 64.6 Å². The number of hydrogen-bond donors (Lipinski definition) is 1. The van der Waals surface area contributed by atoms with E-state index < -0.39 is 12.1 Å². The predicted octanol–water partition coefficient (Wildman–Crippen LogP) is 2.92. The number of amides is 1. The van der Waals surface area contributed by atoms with E-state index in [4.69, 9.17) is 9.47 Å². The number of allylic oxidation sites excluding steroid dienone is 1. The quantitative estimate of drug-likeness (QED) is 0.619. The summed E-state index contributed by atoms with van der Waals surface area (Å²) >= 11 is 0. The largest absolute Gasteiger partial charge is 0.494 e. The second kappa shape index (κ2) is 8.79. The lowest BCUT2D eigenvalue weighted by Gasteiger charge is -2.12. The fraction of sp³-hybridized carbons (Fsp3) is 0.375. The molecular formula is C16H21NO4. The highest BCUT2D eigenvalue weighted by Crippen LogP contribution is 2.16. The molecule has 5 heteroatoms. The third-order valence-corrected chi connectivity index (χ3v) is 2.58. The number of benzene rings is 1. The molecule has 0 spiro atoms. The highest BCUT2D eigenvalue weighted by Gasteiger charge is 2.16. The fourth-order valence-corrected chi connectivity index (χ4v) is 1.53. The maximum Gasteiger partial charge on any atom is 0.331 e. The van der Waals surface area contributed by atoms with E-state index in [9.17, 15) is 9.59 Å². The van der Waals surface area contributed by atoms with Gasteiger partial charge >= 0.3 is 5.97 Å². The molecule has 1 amide bonds. The molecule has 1 rings (SSSR count). The molecule has 0 fully saturated rings. The first-order valence-corrected chi connectivity index (χ1v) is 6.97. The van der Waals surface area contributed by atoms with E-state index in [0.29, 0.717) is 12.3 Å². The standard InChI is InChI=1S/C16H21NO4/c1-4-6-7-15(18)21-12(3)16(19)17-13-8-10-14(11-9-13)20-5-2/h6-12H,4-5H2,1-3H3,(H,17,19)/b7-6+/t12-/m1/s1. The van der Waals surface area contributed by atoms with Crippen LogP contribution < -0.4 is 10.1 Å². The molecule has 0 saturated heterocycles. The van der Waals surface area contributed by atoms with E-state index in [-0.39, 0.29) is 5.91 Å². The van der Waals surface area contributed by atoms with Crippen molar-refractivity contribution in [3.63, 3.8) is 0 Å². The Labute approximate surface area is 124 Å². The summed E-state index contributed by atoms with van der Waals surface area (Å²) in [6, 6.07) is 6.99. The van der Waals surface area contributed by atoms with Crippen molar-refractivity contribution in [2.75, 3.05) is 11.9 Å². The molecule has 0 unspecified atom stereocenters. The average molecular weight is 291 g/mol. The van der Waals surface area contributed by atoms with Gasteiger partial charge < -0.3 is 14.8 Å². The molecule has 114 valence electrons. The van der Waals surface area contributed by atoms with Gasteiger partial charge in [0.1, 0.15) is 5.75 Å². The van der Waals surface area contributed by atoms with E-state index in [1.807, 2.05) is 13.8 Å². The van der Waals surface area contributed by atoms with Gasteiger partial charge in [-0.25, -0.2) is 4.79 Å². The zero-order valence-corrected chi connectivity index (χ0v) is 12.6. The molecule has 0 saturated carbocycles. The third kappa shape index (κ3) is 6.12. The van der Waals surface area contributed by atoms with Gasteiger partial charge in [0.05, 0.1) is 6.61 Å². The lowest BCUT2D eigenvalue weighted by Crippen LogP contribution is -2.29. The van der Waals surface area contributed by atoms with Crippen LogP contribution in [0.25, 0.3) is 0 Å². The van der Waals surface area contributed by atoms with E-state index in [1.54, 1.807) is 30.3 Å². The van der Waals surface area contributed by atoms with Crippen LogP contribution in [-0.2, 0) is 14.3 Å². The molecule has 0 heterocycles. The molecule has 5 nitrogen and oxygen atoms in total. The van der Waals surface area contributed by atoms with Crippen LogP contribution in [-0.4, -0.2) is 24.6 Å². The van der Waals surface area contributed by atoms with Crippen molar-refractivity contribution in [2.45, 2.75) is 33.3 Å². The Balaban J connectivity index is 2.51. The lowest BCUT2D eigenvalue weighted by atomic mass is 10.3. The molecule has 0 aliphatic carbocycles. The van der Waals surface area contributed by atoms with E-state index >= 15 is 0 Å². The molecule has 0 aromatic heterocycles. The highest BCUT2D eigenvalue weighted by atomic mass is 16.5. The van der Waals surface area contributed by atoms with Gasteiger partial charge in [0, 0.05) is 11.8 Å². The van der Waals surface area contributed by atoms with Crippen LogP contribution in [0.3, 0.4) is 0 Å². The summed E-state index contributed by atoms with van der Waals surface area (Å²) in [5, 5.41) is 2.68. The van der Waals surface area contributed by atoms with Crippen LogP contribution in [0.4, 0.5) is 5.69 Å². The molecule has 0 radical (unpaired) electrons. The van der Waals surface area contributed by atoms with Crippen molar-refractivity contribution in [1.29, 1.82) is 0 Å². The van der Waals surface area contributed by atoms with E-state index in [0.717, 1.165) is 12.2 Å². The van der Waals surface area contributed by atoms with Crippen molar-refractivity contribution >= 4 is 17.6 Å². The van der Waals surface area contributed by atoms with Crippen LogP contribution in [0.1, 0.15) is 27.2 Å². The normalized spacial score (nSPS) is 12.0. The van der Waals surface area contributed by atoms with Gasteiger partial charge in [-0.15, -0.1) is 0 Å². The van der Waals surface area contributed by atoms with Crippen molar-refractivity contribution in [3.05, 3.63) is 36.4 Å². The van der Waals surface area contributed by atoms with Gasteiger partial charge in [0.25, 0.3) is 5.91 Å². The molecule has 1 aromatic rings. The van der Waals surface area contributed by atoms with Gasteiger partial charge in [-0.1, -0.05) is 13.0 Å². The number of rotatable bonds is 7. The molecule has 1 atom stereocenters. The molecule has 0 aliphatic rings. The van der Waals surface area contributed by atoms with E-state index in [1.165, 1.54) is 13.0 Å². The zero-order chi connectivity index (χ0) is 15.7. The van der Waals surface area contributed by atoms with Crippen molar-refractivity contribution in [1.82, 2.24) is 0 Å². The second-order valence-electron chi connectivity index (χ2n) is 4.34. The maximum absolute atomic E-state index is 11.9. The number of anilines is 1. The summed E-state index contributed by atoms with van der Waals surface area (Å²) in [5.74, 6) is -0.164. The van der Waals surface area contributed by atoms with Crippen molar-refractivity contribution in [2.24, 2.45) is 0 Å². The summed E-state index contributed by atoms with van der Waals surface area (Å²) in [6.07, 6.45) is 2.88. The summed E-state index contributed by atoms with van der Waals surface area (Å²) < 4.78 is 10.3. The Bertz CT molecular complexity index is 494. The Morgan fingerprint density at radius 1 is 1.24 bits per heavy atom. The smallest absolute Gasteiger partial charge is 0.331 e. The second-order valence-corrected chi connectivity index (χ2v) is 4.34. The Morgan fingerprint density at radius 2 is 1.90 bits per heavy atom. The molecular weight excluding hydrogens is 270 g/mol. The van der Waals surface area contributed by atoms with Crippen molar-refractivity contribution in [3.8, 4) is 5.75 Å². The number of esters is 1. The Kier molecular flexibility index (Phi) is 7.01. The Hall–Kier alpha value is -2.30. The molecule has 1 N–H and O–H groups in total. The first-order valence-electron chi connectivity index (χ1n) is 6.97. The fourth-order valence-electron chi connectivity index (χ4n) is 1.53. The molecule has 21 heavy (non-hydrogen) atoms. The van der Waals surface area contributed by atoms with Gasteiger partial charge in [0.15, 0.2) is 6.10 Å². The molecule has 1 aromatic carbocycles. The van der Waals surface area contributed by atoms with Gasteiger partial charge in [-0.3, -0.25) is 4.79 Å². The maximum atomic E-state index is 11.9. The average Bonchev–Trinajstić information content (AvgIpc) is 2.47. The summed E-state index contributed by atoms with van der Waals surface area (Å²) in [4.78, 5) is 23.3. The Morgan fingerprint density at radius 3 is 2.48 bits per heavy atom. The SMILES string of the molecule is CC/C=C/C(=O)O[C@H](C)C(=O)Nc1ccc(OCC)cc1. The zero-order valence-electron chi connectivity index (χ0n) is 12.6. The number of carbonyl (C=O) groups is 2. The van der Waals surface area contributed by atoms with Crippen LogP contribution in [0.2, 0.25) is 0 Å². The van der Waals surface area contributed by atoms with Crippen LogP contribution in [0, 0.1) is 0 Å². The summed E-state index contributed by atoms with van der Waals surface area (Å²) in [7, 11) is 0. The van der Waals surface area contributed by atoms with Crippen LogP contribution >= 0.6 is 0 Å². The minimum absolute atomic E-state index is 0.377. The van der Waals surface area contributed by atoms with Gasteiger partial charge in [-0.05, 0) is 44.5 Å². The molecule has 0 aliphatic heterocycles. The summed E-state index contributed by atoms with van der Waals surface area (Å²) in [6.45, 7) is 5.93. The van der Waals surface area contributed by atoms with Crippen LogP contribution in [0.5, 0.6) is 5.75 Å². The first-order chi connectivity index (χ1) is 10.1. The number of carbonyl (C=O) groups excluding carboxylic acids is 2. The monoisotopic (exact) mass is 291 g/mol. The van der Waals surface area contributed by atoms with E-state index in [2.05, 4.69) is 5.32 Å². The van der Waals surface area contributed by atoms with Crippen molar-refractivity contribution < 1.29 is 19.1 Å². The summed E-state index contributed by atoms with van der Waals surface area (Å²) in [5.41, 5.74) is 0.621. The number of nitrogens with one attached hydrogen (secondary N) is 1.